The Balaban J connectivity index is 2.35. The summed E-state index contributed by atoms with van der Waals surface area (Å²) in [5.74, 6) is 0.140. The fourth-order valence-electron chi connectivity index (χ4n) is 3.41. The van der Waals surface area contributed by atoms with E-state index in [0.29, 0.717) is 31.8 Å². The van der Waals surface area contributed by atoms with E-state index >= 15 is 0 Å². The van der Waals surface area contributed by atoms with Crippen molar-refractivity contribution < 1.29 is 17.9 Å². The predicted octanol–water partition coefficient (Wildman–Crippen LogP) is 3.77. The number of amides is 1. The molecule has 2 aromatic rings. The molecule has 0 N–H and O–H groups in total. The quantitative estimate of drug-likeness (QED) is 0.522. The zero-order chi connectivity index (χ0) is 23.2. The van der Waals surface area contributed by atoms with E-state index in [0.717, 1.165) is 11.1 Å². The molecule has 2 rings (SSSR count). The first-order chi connectivity index (χ1) is 14.5. The summed E-state index contributed by atoms with van der Waals surface area (Å²) in [6.07, 6.45) is 2.00. The minimum Gasteiger partial charge on any atom is -0.383 e. The van der Waals surface area contributed by atoms with Crippen molar-refractivity contribution in [3.05, 3.63) is 47.3 Å². The first kappa shape index (κ1) is 25.1. The van der Waals surface area contributed by atoms with E-state index in [1.165, 1.54) is 0 Å². The third-order valence-electron chi connectivity index (χ3n) is 4.97. The molecule has 172 valence electrons. The lowest BCUT2D eigenvalue weighted by molar-refractivity contribution is -0.133. The van der Waals surface area contributed by atoms with E-state index in [4.69, 9.17) is 4.74 Å². The Kier molecular flexibility index (Phi) is 8.82. The van der Waals surface area contributed by atoms with Crippen LogP contribution in [0.4, 0.5) is 0 Å². The number of hydrogen-bond donors (Lipinski definition) is 0. The SMILES string of the molecule is COCCN(Cc1cnc(S(=O)(=O)Cc2ccc(C)cc2)n1C(C)C)C(=O)CC(C)C. The number of rotatable bonds is 11. The molecule has 1 heterocycles. The van der Waals surface area contributed by atoms with Gasteiger partial charge in [-0.3, -0.25) is 4.79 Å². The van der Waals surface area contributed by atoms with Gasteiger partial charge < -0.3 is 14.2 Å². The minimum absolute atomic E-state index is 0.0209. The van der Waals surface area contributed by atoms with E-state index in [1.54, 1.807) is 22.8 Å². The number of aromatic nitrogens is 2. The van der Waals surface area contributed by atoms with Crippen molar-refractivity contribution in [2.24, 2.45) is 5.92 Å². The Morgan fingerprint density at radius 3 is 2.35 bits per heavy atom. The molecule has 1 aromatic carbocycles. The van der Waals surface area contributed by atoms with E-state index in [2.05, 4.69) is 4.98 Å². The van der Waals surface area contributed by atoms with Gasteiger partial charge in [-0.15, -0.1) is 0 Å². The van der Waals surface area contributed by atoms with E-state index in [1.807, 2.05) is 58.9 Å². The fraction of sp³-hybridized carbons (Fsp3) is 0.565. The molecule has 0 fully saturated rings. The highest BCUT2D eigenvalue weighted by atomic mass is 32.2. The third kappa shape index (κ3) is 6.90. The molecule has 8 heteroatoms. The van der Waals surface area contributed by atoms with Gasteiger partial charge in [-0.2, -0.15) is 0 Å². The summed E-state index contributed by atoms with van der Waals surface area (Å²) in [5.41, 5.74) is 2.50. The maximum absolute atomic E-state index is 13.2. The van der Waals surface area contributed by atoms with E-state index in [9.17, 15) is 13.2 Å². The van der Waals surface area contributed by atoms with Crippen LogP contribution in [0, 0.1) is 12.8 Å². The van der Waals surface area contributed by atoms with Crippen molar-refractivity contribution in [3.8, 4) is 0 Å². The second kappa shape index (κ2) is 10.9. The molecule has 1 amide bonds. The molecule has 0 aliphatic heterocycles. The van der Waals surface area contributed by atoms with Gasteiger partial charge in [-0.05, 0) is 32.3 Å². The lowest BCUT2D eigenvalue weighted by Crippen LogP contribution is -2.35. The first-order valence-corrected chi connectivity index (χ1v) is 12.3. The minimum atomic E-state index is -3.65. The van der Waals surface area contributed by atoms with Crippen LogP contribution >= 0.6 is 0 Å². The Hall–Kier alpha value is -2.19. The van der Waals surface area contributed by atoms with E-state index < -0.39 is 9.84 Å². The molecule has 31 heavy (non-hydrogen) atoms. The molecular formula is C23H35N3O4S. The number of hydrogen-bond acceptors (Lipinski definition) is 5. The van der Waals surface area contributed by atoms with Gasteiger partial charge in [0, 0.05) is 26.1 Å². The molecule has 0 saturated heterocycles. The van der Waals surface area contributed by atoms with Crippen LogP contribution in [0.3, 0.4) is 0 Å². The number of imidazole rings is 1. The lowest BCUT2D eigenvalue weighted by atomic mass is 10.1. The first-order valence-electron chi connectivity index (χ1n) is 10.7. The van der Waals surface area contributed by atoms with Gasteiger partial charge in [0.2, 0.25) is 20.9 Å². The molecule has 0 atom stereocenters. The van der Waals surface area contributed by atoms with Gasteiger partial charge in [0.15, 0.2) is 0 Å². The van der Waals surface area contributed by atoms with Crippen molar-refractivity contribution in [1.29, 1.82) is 0 Å². The smallest absolute Gasteiger partial charge is 0.228 e. The van der Waals surface area contributed by atoms with Gasteiger partial charge in [0.25, 0.3) is 0 Å². The number of methoxy groups -OCH3 is 1. The van der Waals surface area contributed by atoms with E-state index in [-0.39, 0.29) is 28.8 Å². The lowest BCUT2D eigenvalue weighted by Gasteiger charge is -2.25. The molecule has 1 aromatic heterocycles. The third-order valence-corrected chi connectivity index (χ3v) is 6.54. The second-order valence-corrected chi connectivity index (χ2v) is 10.5. The van der Waals surface area contributed by atoms with Gasteiger partial charge >= 0.3 is 0 Å². The standard InChI is InChI=1S/C23H35N3O4S/c1-17(2)13-22(27)25(11-12-30-6)15-21-14-24-23(26(21)18(3)4)31(28,29)16-20-9-7-19(5)8-10-20/h7-10,14,17-18H,11-13,15-16H2,1-6H3. The maximum Gasteiger partial charge on any atom is 0.228 e. The zero-order valence-electron chi connectivity index (χ0n) is 19.5. The number of sulfone groups is 1. The number of aryl methyl sites for hydroxylation is 1. The van der Waals surface area contributed by atoms with Crippen molar-refractivity contribution in [3.63, 3.8) is 0 Å². The highest BCUT2D eigenvalue weighted by Crippen LogP contribution is 2.23. The van der Waals surface area contributed by atoms with Crippen molar-refractivity contribution >= 4 is 15.7 Å². The molecule has 0 spiro atoms. The molecule has 0 aliphatic carbocycles. The van der Waals surface area contributed by atoms with Crippen molar-refractivity contribution in [2.45, 2.75) is 64.5 Å². The molecule has 0 bridgehead atoms. The Morgan fingerprint density at radius 2 is 1.81 bits per heavy atom. The summed E-state index contributed by atoms with van der Waals surface area (Å²) >= 11 is 0. The van der Waals surface area contributed by atoms with Crippen LogP contribution in [0.5, 0.6) is 0 Å². The van der Waals surface area contributed by atoms with Crippen LogP contribution in [-0.2, 0) is 31.7 Å². The predicted molar refractivity (Wildman–Crippen MR) is 121 cm³/mol. The number of ether oxygens (including phenoxy) is 1. The highest BCUT2D eigenvalue weighted by Gasteiger charge is 2.27. The monoisotopic (exact) mass is 449 g/mol. The van der Waals surface area contributed by atoms with Gasteiger partial charge in [0.1, 0.15) is 0 Å². The van der Waals surface area contributed by atoms with Crippen LogP contribution in [0.25, 0.3) is 0 Å². The highest BCUT2D eigenvalue weighted by molar-refractivity contribution is 7.90. The van der Waals surface area contributed by atoms with Gasteiger partial charge in [-0.25, -0.2) is 13.4 Å². The maximum atomic E-state index is 13.2. The Morgan fingerprint density at radius 1 is 1.16 bits per heavy atom. The van der Waals surface area contributed by atoms with Crippen molar-refractivity contribution in [2.75, 3.05) is 20.3 Å². The summed E-state index contributed by atoms with van der Waals surface area (Å²) < 4.78 is 33.2. The zero-order valence-corrected chi connectivity index (χ0v) is 20.3. The summed E-state index contributed by atoms with van der Waals surface area (Å²) in [7, 11) is -2.05. The van der Waals surface area contributed by atoms with Gasteiger partial charge in [0.05, 0.1) is 30.8 Å². The number of benzene rings is 1. The number of carbonyl (C=O) groups excluding carboxylic acids is 1. The van der Waals surface area contributed by atoms with Crippen LogP contribution < -0.4 is 0 Å². The summed E-state index contributed by atoms with van der Waals surface area (Å²) in [4.78, 5) is 18.7. The molecule has 7 nitrogen and oxygen atoms in total. The number of carbonyl (C=O) groups is 1. The molecular weight excluding hydrogens is 414 g/mol. The van der Waals surface area contributed by atoms with Crippen LogP contribution in [0.15, 0.2) is 35.6 Å². The van der Waals surface area contributed by atoms with Crippen LogP contribution in [0.2, 0.25) is 0 Å². The largest absolute Gasteiger partial charge is 0.383 e. The van der Waals surface area contributed by atoms with Crippen LogP contribution in [0.1, 0.15) is 57.0 Å². The molecule has 0 saturated carbocycles. The normalized spacial score (nSPS) is 12.0. The summed E-state index contributed by atoms with van der Waals surface area (Å²) in [6, 6.07) is 7.34. The number of nitrogens with zero attached hydrogens (tertiary/aromatic N) is 3. The topological polar surface area (TPSA) is 81.5 Å². The summed E-state index contributed by atoms with van der Waals surface area (Å²) in [6.45, 7) is 11.0. The average molecular weight is 450 g/mol. The Bertz CT molecular complexity index is 963. The van der Waals surface area contributed by atoms with Crippen molar-refractivity contribution in [1.82, 2.24) is 14.5 Å². The molecule has 0 unspecified atom stereocenters. The molecule has 0 aliphatic rings. The Labute approximate surface area is 186 Å². The van der Waals surface area contributed by atoms with Gasteiger partial charge in [-0.1, -0.05) is 43.7 Å². The second-order valence-electron chi connectivity index (χ2n) is 8.65. The fourth-order valence-corrected chi connectivity index (χ4v) is 5.01. The average Bonchev–Trinajstić information content (AvgIpc) is 3.11. The van der Waals surface area contributed by atoms with Crippen LogP contribution in [-0.4, -0.2) is 49.0 Å². The molecule has 0 radical (unpaired) electrons. The summed E-state index contributed by atoms with van der Waals surface area (Å²) in [5, 5.41) is 0.0427.